The number of hydrazine groups is 1. The van der Waals surface area contributed by atoms with E-state index in [-0.39, 0.29) is 16.1 Å². The predicted molar refractivity (Wildman–Crippen MR) is 73.6 cm³/mol. The van der Waals surface area contributed by atoms with E-state index in [0.29, 0.717) is 12.1 Å². The molecule has 2 aromatic carbocycles. The van der Waals surface area contributed by atoms with Crippen LogP contribution in [0.4, 0.5) is 13.2 Å². The van der Waals surface area contributed by atoms with Crippen molar-refractivity contribution in [2.45, 2.75) is 4.90 Å². The van der Waals surface area contributed by atoms with Gasteiger partial charge in [-0.15, -0.1) is 4.83 Å². The van der Waals surface area contributed by atoms with Gasteiger partial charge in [-0.3, -0.25) is 9.59 Å². The van der Waals surface area contributed by atoms with E-state index in [1.54, 1.807) is 4.83 Å². The summed E-state index contributed by atoms with van der Waals surface area (Å²) in [6, 6.07) is 6.45. The Balaban J connectivity index is 1.99. The Kier molecular flexibility index (Phi) is 3.65. The summed E-state index contributed by atoms with van der Waals surface area (Å²) in [7, 11) is -4.84. The fraction of sp³-hybridized carbons (Fsp3) is 0. The van der Waals surface area contributed by atoms with Gasteiger partial charge in [0.25, 0.3) is 21.8 Å². The molecular weight excluding hydrogens is 349 g/mol. The fourth-order valence-corrected chi connectivity index (χ4v) is 3.23. The van der Waals surface area contributed by atoms with Crippen LogP contribution in [-0.2, 0) is 10.0 Å². The van der Waals surface area contributed by atoms with Crippen molar-refractivity contribution in [1.82, 2.24) is 9.84 Å². The standard InChI is InChI=1S/C14H7F3N2O4S/c15-9-5-6-10(12(17)11(9)16)24(22,23)18-19-13(20)7-3-1-2-4-8(7)14(19)21/h1-6,18H. The molecule has 0 aliphatic carbocycles. The van der Waals surface area contributed by atoms with Crippen LogP contribution in [0, 0.1) is 17.5 Å². The van der Waals surface area contributed by atoms with Crippen LogP contribution in [0.25, 0.3) is 0 Å². The van der Waals surface area contributed by atoms with Gasteiger partial charge in [0, 0.05) is 0 Å². The second-order valence-electron chi connectivity index (χ2n) is 4.76. The number of nitrogens with zero attached hydrogens (tertiary/aromatic N) is 1. The van der Waals surface area contributed by atoms with Gasteiger partial charge in [0.2, 0.25) is 0 Å². The summed E-state index contributed by atoms with van der Waals surface area (Å²) in [4.78, 5) is 24.5. The molecule has 124 valence electrons. The molecule has 0 aromatic heterocycles. The number of hydrogen-bond acceptors (Lipinski definition) is 4. The number of nitrogens with one attached hydrogen (secondary N) is 1. The fourth-order valence-electron chi connectivity index (χ4n) is 2.16. The lowest BCUT2D eigenvalue weighted by Crippen LogP contribution is -2.46. The minimum atomic E-state index is -4.84. The van der Waals surface area contributed by atoms with Crippen molar-refractivity contribution in [3.63, 3.8) is 0 Å². The Bertz CT molecular complexity index is 957. The molecule has 0 saturated heterocycles. The first-order valence-electron chi connectivity index (χ1n) is 6.38. The van der Waals surface area contributed by atoms with E-state index in [9.17, 15) is 31.2 Å². The Morgan fingerprint density at radius 1 is 0.833 bits per heavy atom. The van der Waals surface area contributed by atoms with Gasteiger partial charge in [-0.1, -0.05) is 12.1 Å². The molecule has 0 saturated carbocycles. The second-order valence-corrected chi connectivity index (χ2v) is 6.39. The van der Waals surface area contributed by atoms with Crippen molar-refractivity contribution in [3.05, 3.63) is 65.0 Å². The maximum atomic E-state index is 13.7. The van der Waals surface area contributed by atoms with Crippen LogP contribution in [0.5, 0.6) is 0 Å². The third kappa shape index (κ3) is 2.36. The number of fused-ring (bicyclic) bond motifs is 1. The van der Waals surface area contributed by atoms with Gasteiger partial charge in [0.05, 0.1) is 11.1 Å². The van der Waals surface area contributed by atoms with Gasteiger partial charge in [0.1, 0.15) is 4.90 Å². The van der Waals surface area contributed by atoms with Gasteiger partial charge in [0.15, 0.2) is 17.5 Å². The number of carbonyl (C=O) groups excluding carboxylic acids is 2. The molecule has 3 rings (SSSR count). The van der Waals surface area contributed by atoms with E-state index in [2.05, 4.69) is 0 Å². The number of hydrogen-bond donors (Lipinski definition) is 1. The highest BCUT2D eigenvalue weighted by atomic mass is 32.2. The summed E-state index contributed by atoms with van der Waals surface area (Å²) >= 11 is 0. The van der Waals surface area contributed by atoms with Crippen molar-refractivity contribution in [2.24, 2.45) is 0 Å². The number of carbonyl (C=O) groups is 2. The minimum Gasteiger partial charge on any atom is -0.267 e. The number of benzene rings is 2. The van der Waals surface area contributed by atoms with Crippen molar-refractivity contribution < 1.29 is 31.2 Å². The Morgan fingerprint density at radius 2 is 1.38 bits per heavy atom. The van der Waals surface area contributed by atoms with Crippen LogP contribution >= 0.6 is 0 Å². The Morgan fingerprint density at radius 3 is 1.92 bits per heavy atom. The third-order valence-corrected chi connectivity index (χ3v) is 4.61. The summed E-state index contributed by atoms with van der Waals surface area (Å²) < 4.78 is 64.0. The van der Waals surface area contributed by atoms with Crippen molar-refractivity contribution in [3.8, 4) is 0 Å². The summed E-state index contributed by atoms with van der Waals surface area (Å²) in [5, 5.41) is 0.167. The van der Waals surface area contributed by atoms with Crippen LogP contribution in [0.2, 0.25) is 0 Å². The first-order chi connectivity index (χ1) is 11.2. The molecule has 1 N–H and O–H groups in total. The topological polar surface area (TPSA) is 83.6 Å². The average Bonchev–Trinajstić information content (AvgIpc) is 2.77. The average molecular weight is 356 g/mol. The van der Waals surface area contributed by atoms with E-state index in [0.717, 1.165) is 0 Å². The predicted octanol–water partition coefficient (Wildman–Crippen LogP) is 1.59. The quantitative estimate of drug-likeness (QED) is 0.669. The Hall–Kier alpha value is -2.72. The number of halogens is 3. The molecule has 24 heavy (non-hydrogen) atoms. The van der Waals surface area contributed by atoms with Crippen molar-refractivity contribution in [2.75, 3.05) is 0 Å². The zero-order valence-electron chi connectivity index (χ0n) is 11.6. The zero-order valence-corrected chi connectivity index (χ0v) is 12.4. The van der Waals surface area contributed by atoms with Gasteiger partial charge in [-0.05, 0) is 24.3 Å². The Labute approximate surface area is 133 Å². The van der Waals surface area contributed by atoms with Gasteiger partial charge in [-0.25, -0.2) is 21.6 Å². The summed E-state index contributed by atoms with van der Waals surface area (Å²) in [5.74, 6) is -7.46. The van der Waals surface area contributed by atoms with E-state index in [1.807, 2.05) is 0 Å². The highest BCUT2D eigenvalue weighted by Gasteiger charge is 2.39. The highest BCUT2D eigenvalue weighted by Crippen LogP contribution is 2.24. The van der Waals surface area contributed by atoms with Crippen molar-refractivity contribution in [1.29, 1.82) is 0 Å². The molecule has 2 amide bonds. The first-order valence-corrected chi connectivity index (χ1v) is 7.86. The first kappa shape index (κ1) is 16.1. The zero-order chi connectivity index (χ0) is 17.6. The van der Waals surface area contributed by atoms with E-state index < -0.39 is 44.2 Å². The molecule has 0 radical (unpaired) electrons. The molecule has 10 heteroatoms. The van der Waals surface area contributed by atoms with Crippen molar-refractivity contribution >= 4 is 21.8 Å². The van der Waals surface area contributed by atoms with Gasteiger partial charge in [-0.2, -0.15) is 5.01 Å². The maximum absolute atomic E-state index is 13.7. The molecular formula is C14H7F3N2O4S. The van der Waals surface area contributed by atoms with E-state index >= 15 is 0 Å². The largest absolute Gasteiger partial charge is 0.277 e. The lowest BCUT2D eigenvalue weighted by molar-refractivity contribution is 0.0618. The SMILES string of the molecule is O=C1c2ccccc2C(=O)N1NS(=O)(=O)c1ccc(F)c(F)c1F. The molecule has 0 spiro atoms. The summed E-state index contributed by atoms with van der Waals surface area (Å²) in [6.45, 7) is 0. The molecule has 1 heterocycles. The lowest BCUT2D eigenvalue weighted by Gasteiger charge is -2.15. The molecule has 6 nitrogen and oxygen atoms in total. The normalized spacial score (nSPS) is 14.2. The van der Waals surface area contributed by atoms with Crippen LogP contribution in [0.3, 0.4) is 0 Å². The molecule has 1 aliphatic heterocycles. The van der Waals surface area contributed by atoms with E-state index in [4.69, 9.17) is 0 Å². The highest BCUT2D eigenvalue weighted by molar-refractivity contribution is 7.89. The van der Waals surface area contributed by atoms with Crippen LogP contribution in [0.1, 0.15) is 20.7 Å². The van der Waals surface area contributed by atoms with Crippen LogP contribution in [0.15, 0.2) is 41.3 Å². The van der Waals surface area contributed by atoms with Gasteiger partial charge < -0.3 is 0 Å². The van der Waals surface area contributed by atoms with Gasteiger partial charge >= 0.3 is 0 Å². The van der Waals surface area contributed by atoms with Crippen LogP contribution in [-0.4, -0.2) is 25.2 Å². The molecule has 0 bridgehead atoms. The second kappa shape index (κ2) is 5.42. The number of imide groups is 1. The molecule has 0 unspecified atom stereocenters. The number of rotatable bonds is 3. The smallest absolute Gasteiger partial charge is 0.267 e. The number of sulfonamides is 1. The number of amides is 2. The molecule has 0 fully saturated rings. The minimum absolute atomic E-state index is 0.0454. The monoisotopic (exact) mass is 356 g/mol. The van der Waals surface area contributed by atoms with E-state index in [1.165, 1.54) is 24.3 Å². The summed E-state index contributed by atoms with van der Waals surface area (Å²) in [6.07, 6.45) is 0. The summed E-state index contributed by atoms with van der Waals surface area (Å²) in [5.41, 5.74) is -0.0908. The maximum Gasteiger partial charge on any atom is 0.277 e. The molecule has 0 atom stereocenters. The molecule has 2 aromatic rings. The third-order valence-electron chi connectivity index (χ3n) is 3.29. The lowest BCUT2D eigenvalue weighted by atomic mass is 10.1. The molecule has 1 aliphatic rings. The van der Waals surface area contributed by atoms with Crippen LogP contribution < -0.4 is 4.83 Å².